The predicted octanol–water partition coefficient (Wildman–Crippen LogP) is 7.95. The molecular formula is C39H62O8. The van der Waals surface area contributed by atoms with Crippen LogP contribution in [0, 0.1) is 46.3 Å². The Labute approximate surface area is 283 Å². The number of ether oxygens (including phenoxy) is 5. The van der Waals surface area contributed by atoms with Crippen molar-refractivity contribution < 1.29 is 38.1 Å². The van der Waals surface area contributed by atoms with Crippen molar-refractivity contribution in [2.75, 3.05) is 6.61 Å². The normalized spacial score (nSPS) is 40.4. The van der Waals surface area contributed by atoms with E-state index < -0.39 is 42.5 Å². The molecule has 0 bridgehead atoms. The molecule has 8 heteroatoms. The maximum absolute atomic E-state index is 12.0. The van der Waals surface area contributed by atoms with Crippen LogP contribution in [0.2, 0.25) is 0 Å². The van der Waals surface area contributed by atoms with Crippen LogP contribution < -0.4 is 0 Å². The number of hydrogen-bond donors (Lipinski definition) is 0. The van der Waals surface area contributed by atoms with E-state index in [1.165, 1.54) is 77.7 Å². The van der Waals surface area contributed by atoms with Gasteiger partial charge in [0.25, 0.3) is 0 Å². The average molecular weight is 659 g/mol. The smallest absolute Gasteiger partial charge is 0.303 e. The second kappa shape index (κ2) is 14.9. The molecular weight excluding hydrogens is 596 g/mol. The Morgan fingerprint density at radius 2 is 1.66 bits per heavy atom. The lowest BCUT2D eigenvalue weighted by atomic mass is 9.47. The number of esters is 3. The van der Waals surface area contributed by atoms with Crippen LogP contribution in [-0.2, 0) is 38.1 Å². The van der Waals surface area contributed by atoms with Crippen LogP contribution in [0.1, 0.15) is 132 Å². The third kappa shape index (κ3) is 7.95. The summed E-state index contributed by atoms with van der Waals surface area (Å²) in [7, 11) is 0. The summed E-state index contributed by atoms with van der Waals surface area (Å²) in [5.41, 5.74) is 2.22. The zero-order chi connectivity index (χ0) is 34.1. The van der Waals surface area contributed by atoms with E-state index in [0.717, 1.165) is 54.8 Å². The van der Waals surface area contributed by atoms with E-state index in [2.05, 4.69) is 40.7 Å². The molecule has 0 radical (unpaired) electrons. The van der Waals surface area contributed by atoms with Crippen molar-refractivity contribution in [3.05, 3.63) is 11.6 Å². The largest absolute Gasteiger partial charge is 0.463 e. The summed E-state index contributed by atoms with van der Waals surface area (Å²) in [6.45, 7) is 16.2. The van der Waals surface area contributed by atoms with Gasteiger partial charge in [0, 0.05) is 27.2 Å². The standard InChI is InChI=1S/C39H62O8/c1-23(2)10-9-11-24(3)31-14-15-32-30-13-12-28-20-29(16-18-38(28,7)33(30)17-19-39(31,32)8)46-36-21-34(44-26(5)41)37(45-27(6)42)35(47-36)22-43-25(4)40/h12,23-24,29-37H,9-11,13-22H2,1-8H3/t24-,29+,30+,31-,32+,33+,34?,35?,36?,37?,38+,39-/m1/s1. The highest BCUT2D eigenvalue weighted by Crippen LogP contribution is 2.67. The topological polar surface area (TPSA) is 97.4 Å². The molecule has 4 fully saturated rings. The SMILES string of the molecule is CC(=O)OCC1OC(O[C@H]2CC[C@@]3(C)C(=CC[C@H]4[C@@H]5CC[C@H]([C@H](C)CCCC(C)C)[C@@]5(C)CC[C@@H]43)C2)CC(OC(C)=O)C1OC(C)=O. The van der Waals surface area contributed by atoms with Gasteiger partial charge in [-0.2, -0.15) is 0 Å². The van der Waals surface area contributed by atoms with Crippen LogP contribution >= 0.6 is 0 Å². The molecule has 0 aromatic rings. The van der Waals surface area contributed by atoms with Gasteiger partial charge in [0.1, 0.15) is 18.8 Å². The molecule has 0 aromatic heterocycles. The Kier molecular flexibility index (Phi) is 11.5. The molecule has 0 amide bonds. The lowest BCUT2D eigenvalue weighted by Crippen LogP contribution is -2.55. The minimum Gasteiger partial charge on any atom is -0.463 e. The van der Waals surface area contributed by atoms with Gasteiger partial charge in [-0.3, -0.25) is 14.4 Å². The molecule has 5 aliphatic rings. The van der Waals surface area contributed by atoms with Gasteiger partial charge in [-0.15, -0.1) is 0 Å². The third-order valence-corrected chi connectivity index (χ3v) is 13.2. The van der Waals surface area contributed by atoms with Crippen LogP contribution in [0.25, 0.3) is 0 Å². The summed E-state index contributed by atoms with van der Waals surface area (Å²) < 4.78 is 29.2. The zero-order valence-corrected chi connectivity index (χ0v) is 30.4. The minimum absolute atomic E-state index is 0.0232. The van der Waals surface area contributed by atoms with Crippen molar-refractivity contribution in [1.29, 1.82) is 0 Å². The molecule has 1 saturated heterocycles. The molecule has 266 valence electrons. The van der Waals surface area contributed by atoms with Crippen molar-refractivity contribution >= 4 is 17.9 Å². The van der Waals surface area contributed by atoms with E-state index >= 15 is 0 Å². The van der Waals surface area contributed by atoms with Crippen LogP contribution in [-0.4, -0.2) is 55.2 Å². The number of allylic oxidation sites excluding steroid dienone is 1. The fourth-order valence-electron chi connectivity index (χ4n) is 11.0. The van der Waals surface area contributed by atoms with Crippen LogP contribution in [0.15, 0.2) is 11.6 Å². The predicted molar refractivity (Wildman–Crippen MR) is 179 cm³/mol. The monoisotopic (exact) mass is 658 g/mol. The molecule has 4 aliphatic carbocycles. The Bertz CT molecular complexity index is 1160. The molecule has 4 unspecified atom stereocenters. The Morgan fingerprint density at radius 3 is 2.34 bits per heavy atom. The van der Waals surface area contributed by atoms with Gasteiger partial charge in [0.2, 0.25) is 0 Å². The first-order chi connectivity index (χ1) is 22.2. The number of hydrogen-bond acceptors (Lipinski definition) is 8. The molecule has 0 spiro atoms. The van der Waals surface area contributed by atoms with Gasteiger partial charge in [-0.25, -0.2) is 0 Å². The summed E-state index contributed by atoms with van der Waals surface area (Å²) in [6.07, 6.45) is 13.3. The van der Waals surface area contributed by atoms with Gasteiger partial charge >= 0.3 is 17.9 Å². The molecule has 8 nitrogen and oxygen atoms in total. The van der Waals surface area contributed by atoms with Crippen molar-refractivity contribution in [1.82, 2.24) is 0 Å². The average Bonchev–Trinajstić information content (AvgIpc) is 3.34. The van der Waals surface area contributed by atoms with Crippen molar-refractivity contribution in [2.45, 2.75) is 163 Å². The van der Waals surface area contributed by atoms with Gasteiger partial charge in [0.15, 0.2) is 12.4 Å². The molecule has 0 N–H and O–H groups in total. The Morgan fingerprint density at radius 1 is 0.915 bits per heavy atom. The van der Waals surface area contributed by atoms with Gasteiger partial charge in [0.05, 0.1) is 6.10 Å². The zero-order valence-electron chi connectivity index (χ0n) is 30.4. The van der Waals surface area contributed by atoms with Crippen LogP contribution in [0.4, 0.5) is 0 Å². The van der Waals surface area contributed by atoms with Crippen LogP contribution in [0.5, 0.6) is 0 Å². The van der Waals surface area contributed by atoms with E-state index in [-0.39, 0.29) is 24.5 Å². The summed E-state index contributed by atoms with van der Waals surface area (Å²) in [5, 5.41) is 0. The maximum Gasteiger partial charge on any atom is 0.303 e. The third-order valence-electron chi connectivity index (χ3n) is 13.2. The van der Waals surface area contributed by atoms with E-state index in [9.17, 15) is 14.4 Å². The first-order valence-electron chi connectivity index (χ1n) is 18.7. The summed E-state index contributed by atoms with van der Waals surface area (Å²) in [4.78, 5) is 35.5. The van der Waals surface area contributed by atoms with E-state index in [1.807, 2.05) is 0 Å². The van der Waals surface area contributed by atoms with Gasteiger partial charge in [-0.05, 0) is 97.7 Å². The van der Waals surface area contributed by atoms with Crippen molar-refractivity contribution in [3.63, 3.8) is 0 Å². The molecule has 0 aromatic carbocycles. The Balaban J connectivity index is 1.24. The molecule has 1 aliphatic heterocycles. The second-order valence-corrected chi connectivity index (χ2v) is 16.7. The number of rotatable bonds is 11. The number of carbonyl (C=O) groups is 3. The van der Waals surface area contributed by atoms with Gasteiger partial charge in [-0.1, -0.05) is 65.5 Å². The molecule has 47 heavy (non-hydrogen) atoms. The first-order valence-corrected chi connectivity index (χ1v) is 18.7. The number of fused-ring (bicyclic) bond motifs is 5. The highest BCUT2D eigenvalue weighted by molar-refractivity contribution is 5.67. The van der Waals surface area contributed by atoms with E-state index in [4.69, 9.17) is 23.7 Å². The fraction of sp³-hybridized carbons (Fsp3) is 0.872. The summed E-state index contributed by atoms with van der Waals surface area (Å²) in [5.74, 6) is 3.34. The fourth-order valence-corrected chi connectivity index (χ4v) is 11.0. The maximum atomic E-state index is 12.0. The Hall–Kier alpha value is -1.93. The lowest BCUT2D eigenvalue weighted by molar-refractivity contribution is -0.278. The molecule has 3 saturated carbocycles. The second-order valence-electron chi connectivity index (χ2n) is 16.7. The molecule has 1 heterocycles. The summed E-state index contributed by atoms with van der Waals surface area (Å²) in [6, 6.07) is 0. The lowest BCUT2D eigenvalue weighted by Gasteiger charge is -2.58. The first kappa shape index (κ1) is 36.4. The number of carbonyl (C=O) groups excluding carboxylic acids is 3. The summed E-state index contributed by atoms with van der Waals surface area (Å²) >= 11 is 0. The highest BCUT2D eigenvalue weighted by Gasteiger charge is 2.59. The van der Waals surface area contributed by atoms with Crippen molar-refractivity contribution in [3.8, 4) is 0 Å². The minimum atomic E-state index is -0.890. The van der Waals surface area contributed by atoms with Gasteiger partial charge < -0.3 is 23.7 Å². The van der Waals surface area contributed by atoms with Crippen molar-refractivity contribution in [2.24, 2.45) is 46.3 Å². The van der Waals surface area contributed by atoms with E-state index in [1.54, 1.807) is 0 Å². The molecule has 5 rings (SSSR count). The highest BCUT2D eigenvalue weighted by atomic mass is 16.7. The van der Waals surface area contributed by atoms with Crippen LogP contribution in [0.3, 0.4) is 0 Å². The molecule has 12 atom stereocenters. The van der Waals surface area contributed by atoms with E-state index in [0.29, 0.717) is 5.41 Å². The quantitative estimate of drug-likeness (QED) is 0.125.